The number of carbonyl (C=O) groups is 4. The van der Waals surface area contributed by atoms with Gasteiger partial charge in [-0.2, -0.15) is 18.4 Å². The lowest BCUT2D eigenvalue weighted by molar-refractivity contribution is -0.175. The quantitative estimate of drug-likeness (QED) is 0.521. The van der Waals surface area contributed by atoms with Crippen LogP contribution < -0.4 is 15.4 Å². The number of hydrogen-bond donors (Lipinski definition) is 2. The number of amides is 4. The fourth-order valence-electron chi connectivity index (χ4n) is 4.65. The Bertz CT molecular complexity index is 1270. The zero-order chi connectivity index (χ0) is 30.4. The molecule has 2 aliphatic rings. The predicted molar refractivity (Wildman–Crippen MR) is 128 cm³/mol. The fourth-order valence-corrected chi connectivity index (χ4v) is 4.65. The number of alkyl halides is 3. The van der Waals surface area contributed by atoms with Gasteiger partial charge in [0.05, 0.1) is 12.6 Å². The van der Waals surface area contributed by atoms with E-state index in [1.54, 1.807) is 26.1 Å². The van der Waals surface area contributed by atoms with E-state index in [9.17, 15) is 46.4 Å². The zero-order valence-corrected chi connectivity index (χ0v) is 22.3. The highest BCUT2D eigenvalue weighted by atomic mass is 19.4. The van der Waals surface area contributed by atoms with Gasteiger partial charge < -0.3 is 25.2 Å². The number of likely N-dealkylation sites (N-methyl/N-ethyl adjacent to an activating group) is 1. The minimum absolute atomic E-state index is 0.0119. The van der Waals surface area contributed by atoms with E-state index in [-0.39, 0.29) is 18.6 Å². The van der Waals surface area contributed by atoms with Crippen LogP contribution in [0, 0.1) is 28.4 Å². The summed E-state index contributed by atoms with van der Waals surface area (Å²) in [4.78, 5) is 53.1. The molecule has 1 spiro atoms. The molecule has 4 amide bonds. The molecule has 1 saturated heterocycles. The molecule has 2 aliphatic heterocycles. The van der Waals surface area contributed by atoms with Crippen LogP contribution in [-0.4, -0.2) is 76.9 Å². The molecule has 15 heteroatoms. The van der Waals surface area contributed by atoms with Gasteiger partial charge in [-0.3, -0.25) is 19.2 Å². The third kappa shape index (κ3) is 6.10. The third-order valence-electron chi connectivity index (χ3n) is 6.62. The van der Waals surface area contributed by atoms with Gasteiger partial charge in [-0.15, -0.1) is 0 Å². The van der Waals surface area contributed by atoms with Crippen LogP contribution >= 0.6 is 0 Å². The summed E-state index contributed by atoms with van der Waals surface area (Å²) in [5.74, 6) is -7.43. The van der Waals surface area contributed by atoms with Crippen LogP contribution in [-0.2, 0) is 19.2 Å². The average molecular weight is 574 g/mol. The maximum Gasteiger partial charge on any atom is 0.471 e. The number of nitriles is 1. The monoisotopic (exact) mass is 573 g/mol. The van der Waals surface area contributed by atoms with E-state index in [0.29, 0.717) is 6.07 Å². The van der Waals surface area contributed by atoms with Gasteiger partial charge >= 0.3 is 12.1 Å². The van der Waals surface area contributed by atoms with Gasteiger partial charge in [-0.1, -0.05) is 20.8 Å². The van der Waals surface area contributed by atoms with Gasteiger partial charge in [0.1, 0.15) is 29.6 Å². The largest absolute Gasteiger partial charge is 0.473 e. The number of anilines is 1. The van der Waals surface area contributed by atoms with Crippen molar-refractivity contribution in [2.24, 2.45) is 5.41 Å². The molecule has 0 aliphatic carbocycles. The molecule has 1 aromatic rings. The van der Waals surface area contributed by atoms with Crippen LogP contribution in [0.5, 0.6) is 5.75 Å². The molecule has 40 heavy (non-hydrogen) atoms. The van der Waals surface area contributed by atoms with E-state index in [4.69, 9.17) is 4.74 Å². The molecule has 2 N–H and O–H groups in total. The van der Waals surface area contributed by atoms with Crippen molar-refractivity contribution in [3.05, 3.63) is 23.8 Å². The first-order valence-electron chi connectivity index (χ1n) is 12.1. The summed E-state index contributed by atoms with van der Waals surface area (Å²) in [5, 5.41) is 13.7. The van der Waals surface area contributed by atoms with Gasteiger partial charge in [0, 0.05) is 25.6 Å². The summed E-state index contributed by atoms with van der Waals surface area (Å²) < 4.78 is 71.8. The molecule has 10 nitrogen and oxygen atoms in total. The summed E-state index contributed by atoms with van der Waals surface area (Å²) >= 11 is 0. The fraction of sp³-hybridized carbons (Fsp3) is 0.560. The van der Waals surface area contributed by atoms with Crippen LogP contribution in [0.25, 0.3) is 0 Å². The number of benzene rings is 1. The average Bonchev–Trinajstić information content (AvgIpc) is 3.20. The van der Waals surface area contributed by atoms with Crippen molar-refractivity contribution in [2.45, 2.75) is 70.4 Å². The predicted octanol–water partition coefficient (Wildman–Crippen LogP) is 2.49. The highest BCUT2D eigenvalue weighted by Crippen LogP contribution is 2.42. The summed E-state index contributed by atoms with van der Waals surface area (Å²) in [6.45, 7) is 5.73. The third-order valence-corrected chi connectivity index (χ3v) is 6.62. The molecule has 0 bridgehead atoms. The smallest absolute Gasteiger partial charge is 0.471 e. The van der Waals surface area contributed by atoms with Gasteiger partial charge in [-0.05, 0) is 18.8 Å². The van der Waals surface area contributed by atoms with Crippen LogP contribution in [0.1, 0.15) is 40.5 Å². The zero-order valence-electron chi connectivity index (χ0n) is 22.3. The van der Waals surface area contributed by atoms with Crippen molar-refractivity contribution in [3.8, 4) is 11.8 Å². The van der Waals surface area contributed by atoms with E-state index in [0.717, 1.165) is 22.8 Å². The minimum atomic E-state index is -5.23. The topological polar surface area (TPSA) is 132 Å². The lowest BCUT2D eigenvalue weighted by Gasteiger charge is -2.37. The lowest BCUT2D eigenvalue weighted by Crippen LogP contribution is -2.58. The Morgan fingerprint density at radius 3 is 2.45 bits per heavy atom. The van der Waals surface area contributed by atoms with Gasteiger partial charge in [-0.25, -0.2) is 8.78 Å². The molecule has 3 rings (SSSR count). The number of likely N-dealkylation sites (tertiary alicyclic amines) is 1. The molecule has 4 atom stereocenters. The maximum absolute atomic E-state index is 14.2. The van der Waals surface area contributed by atoms with E-state index in [2.05, 4.69) is 5.32 Å². The van der Waals surface area contributed by atoms with Crippen molar-refractivity contribution >= 4 is 29.3 Å². The number of fused-ring (bicyclic) bond motifs is 1. The Hall–Kier alpha value is -3.96. The number of nitrogens with one attached hydrogen (secondary N) is 2. The molecule has 0 unspecified atom stereocenters. The van der Waals surface area contributed by atoms with Crippen LogP contribution in [0.4, 0.5) is 27.6 Å². The molecule has 218 valence electrons. The Morgan fingerprint density at radius 2 is 1.90 bits per heavy atom. The normalized spacial score (nSPS) is 22.0. The van der Waals surface area contributed by atoms with E-state index < -0.39 is 82.8 Å². The molecule has 0 radical (unpaired) electrons. The van der Waals surface area contributed by atoms with Gasteiger partial charge in [0.2, 0.25) is 17.4 Å². The van der Waals surface area contributed by atoms with E-state index in [1.807, 2.05) is 6.07 Å². The lowest BCUT2D eigenvalue weighted by atomic mass is 9.86. The van der Waals surface area contributed by atoms with Crippen LogP contribution in [0.15, 0.2) is 12.1 Å². The molecule has 2 heterocycles. The van der Waals surface area contributed by atoms with E-state index >= 15 is 0 Å². The SMILES string of the molecule is C[C@H](NC(=O)C(F)(F)F)C(=O)N(C)[C@@H](CC(C)(C)C)C(=O)N1C[C@@]2(C[C@H]1C#N)Oc1cc(F)cc(F)c1NC2=O. The highest BCUT2D eigenvalue weighted by Gasteiger charge is 2.57. The van der Waals surface area contributed by atoms with Gasteiger partial charge in [0.25, 0.3) is 5.91 Å². The van der Waals surface area contributed by atoms with Crippen molar-refractivity contribution in [1.29, 1.82) is 5.26 Å². The molecular weight excluding hydrogens is 545 g/mol. The van der Waals surface area contributed by atoms with Crippen molar-refractivity contribution in [3.63, 3.8) is 0 Å². The molecule has 0 aromatic heterocycles. The van der Waals surface area contributed by atoms with Crippen LogP contribution in [0.3, 0.4) is 0 Å². The first-order chi connectivity index (χ1) is 18.3. The van der Waals surface area contributed by atoms with Crippen molar-refractivity contribution < 1.29 is 45.9 Å². The Morgan fingerprint density at radius 1 is 1.27 bits per heavy atom. The van der Waals surface area contributed by atoms with Crippen molar-refractivity contribution in [2.75, 3.05) is 18.9 Å². The summed E-state index contributed by atoms with van der Waals surface area (Å²) in [6, 6.07) is -0.945. The second-order valence-electron chi connectivity index (χ2n) is 11.0. The number of nitrogens with zero attached hydrogens (tertiary/aromatic N) is 3. The van der Waals surface area contributed by atoms with Gasteiger partial charge in [0.15, 0.2) is 11.6 Å². The second-order valence-corrected chi connectivity index (χ2v) is 11.0. The summed E-state index contributed by atoms with van der Waals surface area (Å²) in [7, 11) is 1.17. The summed E-state index contributed by atoms with van der Waals surface area (Å²) in [6.07, 6.45) is -5.61. The number of ether oxygens (including phenoxy) is 1. The second kappa shape index (κ2) is 10.5. The summed E-state index contributed by atoms with van der Waals surface area (Å²) in [5.41, 5.74) is -2.90. The Labute approximate surface area is 226 Å². The Kier molecular flexibility index (Phi) is 8.06. The van der Waals surface area contributed by atoms with Crippen LogP contribution in [0.2, 0.25) is 0 Å². The molecular formula is C25H28F5N5O5. The maximum atomic E-state index is 14.2. The number of carbonyl (C=O) groups excluding carboxylic acids is 4. The standard InChI is InChI=1S/C25H28F5N5O5/c1-12(32-22(39)25(28,29)30)19(36)34(5)16(9-23(2,3)4)20(37)35-11-24(8-14(35)10-31)21(38)33-18-15(27)6-13(26)7-17(18)40-24/h6-7,12,14,16H,8-9,11H2,1-5H3,(H,32,39)(H,33,38)/t12-,14-,16-,24+/m0/s1. The first-order valence-corrected chi connectivity index (χ1v) is 12.1. The molecule has 1 aromatic carbocycles. The number of hydrogen-bond acceptors (Lipinski definition) is 6. The number of halogens is 5. The highest BCUT2D eigenvalue weighted by molar-refractivity contribution is 6.02. The Balaban J connectivity index is 1.91. The van der Waals surface area contributed by atoms with E-state index in [1.165, 1.54) is 7.05 Å². The number of rotatable bonds is 5. The van der Waals surface area contributed by atoms with Crippen molar-refractivity contribution in [1.82, 2.24) is 15.1 Å². The first kappa shape index (κ1) is 30.6. The minimum Gasteiger partial charge on any atom is -0.473 e. The molecule has 1 fully saturated rings. The molecule has 0 saturated carbocycles.